The van der Waals surface area contributed by atoms with Crippen LogP contribution in [0, 0.1) is 6.92 Å². The number of hydrogen-bond donors (Lipinski definition) is 1. The summed E-state index contributed by atoms with van der Waals surface area (Å²) < 4.78 is 11.9. The first-order valence-corrected chi connectivity index (χ1v) is 8.54. The molecule has 4 rings (SSSR count). The molecule has 0 unspecified atom stereocenters. The summed E-state index contributed by atoms with van der Waals surface area (Å²) in [5, 5.41) is 0. The number of morpholine rings is 1. The summed E-state index contributed by atoms with van der Waals surface area (Å²) in [7, 11) is 3.14. The van der Waals surface area contributed by atoms with Crippen molar-refractivity contribution in [3.05, 3.63) is 32.7 Å². The fourth-order valence-corrected chi connectivity index (χ4v) is 3.59. The normalized spacial score (nSPS) is 16.3. The number of nitrogens with zero attached hydrogens (tertiary/aromatic N) is 5. The van der Waals surface area contributed by atoms with Crippen LogP contribution in [0.5, 0.6) is 0 Å². The topological polar surface area (TPSA) is 79.9 Å². The Morgan fingerprint density at radius 2 is 1.92 bits per heavy atom. The van der Waals surface area contributed by atoms with Crippen molar-refractivity contribution in [3.63, 3.8) is 0 Å². The Balaban J connectivity index is 1.82. The van der Waals surface area contributed by atoms with Gasteiger partial charge in [-0.3, -0.25) is 18.3 Å². The molecule has 0 spiro atoms. The number of quaternary nitrogens is 1. The van der Waals surface area contributed by atoms with Crippen molar-refractivity contribution < 1.29 is 9.64 Å². The van der Waals surface area contributed by atoms with Crippen molar-refractivity contribution in [2.45, 2.75) is 13.5 Å². The van der Waals surface area contributed by atoms with E-state index in [2.05, 4.69) is 9.55 Å². The van der Waals surface area contributed by atoms with Gasteiger partial charge in [0, 0.05) is 26.0 Å². The molecule has 1 aliphatic heterocycles. The number of fused-ring (bicyclic) bond motifs is 3. The van der Waals surface area contributed by atoms with Crippen LogP contribution in [0.3, 0.4) is 0 Å². The fourth-order valence-electron chi connectivity index (χ4n) is 3.59. The molecule has 0 amide bonds. The number of aryl methyl sites for hydroxylation is 2. The van der Waals surface area contributed by atoms with Gasteiger partial charge in [-0.15, -0.1) is 0 Å². The maximum Gasteiger partial charge on any atom is 0.332 e. The van der Waals surface area contributed by atoms with Crippen molar-refractivity contribution in [1.29, 1.82) is 0 Å². The van der Waals surface area contributed by atoms with E-state index in [4.69, 9.17) is 4.74 Å². The lowest BCUT2D eigenvalue weighted by atomic mass is 10.4. The van der Waals surface area contributed by atoms with Gasteiger partial charge in [-0.25, -0.2) is 4.79 Å². The van der Waals surface area contributed by atoms with Crippen LogP contribution < -0.4 is 16.1 Å². The molecule has 9 nitrogen and oxygen atoms in total. The minimum Gasteiger partial charge on any atom is -0.370 e. The highest BCUT2D eigenvalue weighted by Gasteiger charge is 2.20. The summed E-state index contributed by atoms with van der Waals surface area (Å²) in [4.78, 5) is 30.8. The largest absolute Gasteiger partial charge is 0.370 e. The van der Waals surface area contributed by atoms with Gasteiger partial charge in [0.1, 0.15) is 13.1 Å². The monoisotopic (exact) mass is 347 g/mol. The average Bonchev–Trinajstić information content (AvgIpc) is 3.12. The first-order chi connectivity index (χ1) is 12.0. The zero-order chi connectivity index (χ0) is 17.7. The van der Waals surface area contributed by atoms with E-state index in [0.717, 1.165) is 49.7 Å². The van der Waals surface area contributed by atoms with Crippen molar-refractivity contribution in [1.82, 2.24) is 23.1 Å². The molecule has 0 aromatic carbocycles. The number of rotatable bonds is 3. The van der Waals surface area contributed by atoms with Gasteiger partial charge >= 0.3 is 5.69 Å². The first-order valence-electron chi connectivity index (χ1n) is 8.54. The van der Waals surface area contributed by atoms with Gasteiger partial charge in [-0.2, -0.15) is 4.98 Å². The lowest BCUT2D eigenvalue weighted by molar-refractivity contribution is -0.908. The average molecular weight is 347 g/mol. The maximum absolute atomic E-state index is 12.6. The van der Waals surface area contributed by atoms with Crippen LogP contribution in [0.4, 0.5) is 0 Å². The standard InChI is InChI=1S/C16H22N6O3/c1-11-10-22-12-13(18(2)16(24)19(3)14(12)23)17-15(22)21(11)5-4-20-6-8-25-9-7-20/h10H,4-9H2,1-3H3/p+1. The first kappa shape index (κ1) is 16.1. The minimum atomic E-state index is -0.362. The molecule has 4 heterocycles. The summed E-state index contributed by atoms with van der Waals surface area (Å²) in [5.74, 6) is 0.707. The molecule has 0 aliphatic carbocycles. The molecule has 1 saturated heterocycles. The summed E-state index contributed by atoms with van der Waals surface area (Å²) >= 11 is 0. The molecule has 0 bridgehead atoms. The molecular formula is C16H23N6O3+. The SMILES string of the molecule is Cc1cn2c3c(=O)n(C)c(=O)n(C)c3nc2n1CC[NH+]1CCOCC1. The number of ether oxygens (including phenoxy) is 1. The third kappa shape index (κ3) is 2.42. The maximum atomic E-state index is 12.6. The van der Waals surface area contributed by atoms with E-state index >= 15 is 0 Å². The third-order valence-electron chi connectivity index (χ3n) is 5.14. The van der Waals surface area contributed by atoms with E-state index in [1.165, 1.54) is 16.5 Å². The number of imidazole rings is 2. The molecule has 134 valence electrons. The van der Waals surface area contributed by atoms with Crippen molar-refractivity contribution >= 4 is 16.9 Å². The lowest BCUT2D eigenvalue weighted by Crippen LogP contribution is -3.14. The van der Waals surface area contributed by atoms with Crippen LogP contribution in [-0.2, 0) is 25.4 Å². The lowest BCUT2D eigenvalue weighted by Gasteiger charge is -2.24. The molecular weight excluding hydrogens is 324 g/mol. The van der Waals surface area contributed by atoms with Crippen LogP contribution in [0.25, 0.3) is 16.9 Å². The van der Waals surface area contributed by atoms with Crippen LogP contribution in [0.15, 0.2) is 15.8 Å². The summed E-state index contributed by atoms with van der Waals surface area (Å²) in [6, 6.07) is 0. The van der Waals surface area contributed by atoms with E-state index in [1.54, 1.807) is 11.4 Å². The van der Waals surface area contributed by atoms with Crippen molar-refractivity contribution in [3.8, 4) is 0 Å². The number of hydrogen-bond acceptors (Lipinski definition) is 4. The van der Waals surface area contributed by atoms with Gasteiger partial charge < -0.3 is 14.2 Å². The fraction of sp³-hybridized carbons (Fsp3) is 0.562. The second-order valence-electron chi connectivity index (χ2n) is 6.69. The predicted octanol–water partition coefficient (Wildman–Crippen LogP) is -2.09. The van der Waals surface area contributed by atoms with Crippen LogP contribution in [0.2, 0.25) is 0 Å². The van der Waals surface area contributed by atoms with Gasteiger partial charge in [0.2, 0.25) is 5.78 Å². The Bertz CT molecular complexity index is 1060. The summed E-state index contributed by atoms with van der Waals surface area (Å²) in [5.41, 5.74) is 1.24. The van der Waals surface area contributed by atoms with Gasteiger partial charge in [0.15, 0.2) is 11.2 Å². The van der Waals surface area contributed by atoms with E-state index < -0.39 is 0 Å². The molecule has 25 heavy (non-hydrogen) atoms. The Morgan fingerprint density at radius 3 is 2.64 bits per heavy atom. The highest BCUT2D eigenvalue weighted by molar-refractivity contribution is 5.75. The van der Waals surface area contributed by atoms with Gasteiger partial charge in [0.25, 0.3) is 5.56 Å². The predicted molar refractivity (Wildman–Crippen MR) is 92.3 cm³/mol. The molecule has 9 heteroatoms. The second kappa shape index (κ2) is 5.85. The van der Waals surface area contributed by atoms with Crippen LogP contribution in [0.1, 0.15) is 5.69 Å². The molecule has 0 atom stereocenters. The Labute approximate surface area is 143 Å². The van der Waals surface area contributed by atoms with E-state index in [9.17, 15) is 9.59 Å². The van der Waals surface area contributed by atoms with Crippen LogP contribution in [-0.4, -0.2) is 55.9 Å². The summed E-state index contributed by atoms with van der Waals surface area (Å²) in [6.45, 7) is 7.46. The highest BCUT2D eigenvalue weighted by Crippen LogP contribution is 2.15. The molecule has 1 fully saturated rings. The quantitative estimate of drug-likeness (QED) is 0.589. The van der Waals surface area contributed by atoms with Crippen molar-refractivity contribution in [2.75, 3.05) is 32.8 Å². The Kier molecular flexibility index (Phi) is 3.77. The second-order valence-corrected chi connectivity index (χ2v) is 6.69. The molecule has 0 radical (unpaired) electrons. The zero-order valence-electron chi connectivity index (χ0n) is 14.8. The van der Waals surface area contributed by atoms with Gasteiger partial charge in [0.05, 0.1) is 26.3 Å². The number of aromatic nitrogens is 5. The Morgan fingerprint density at radius 1 is 1.20 bits per heavy atom. The molecule has 3 aromatic rings. The molecule has 1 N–H and O–H groups in total. The minimum absolute atomic E-state index is 0.318. The summed E-state index contributed by atoms with van der Waals surface area (Å²) in [6.07, 6.45) is 1.92. The van der Waals surface area contributed by atoms with Gasteiger partial charge in [-0.05, 0) is 6.92 Å². The van der Waals surface area contributed by atoms with E-state index in [1.807, 2.05) is 13.1 Å². The smallest absolute Gasteiger partial charge is 0.332 e. The molecule has 0 saturated carbocycles. The zero-order valence-corrected chi connectivity index (χ0v) is 14.8. The number of nitrogens with one attached hydrogen (secondary N) is 1. The van der Waals surface area contributed by atoms with Gasteiger partial charge in [-0.1, -0.05) is 0 Å². The molecule has 3 aromatic heterocycles. The van der Waals surface area contributed by atoms with Crippen molar-refractivity contribution in [2.24, 2.45) is 14.1 Å². The van der Waals surface area contributed by atoms with E-state index in [-0.39, 0.29) is 11.2 Å². The van der Waals surface area contributed by atoms with E-state index in [0.29, 0.717) is 16.9 Å². The molecule has 1 aliphatic rings. The van der Waals surface area contributed by atoms with Crippen LogP contribution >= 0.6 is 0 Å². The Hall–Kier alpha value is -2.39. The third-order valence-corrected chi connectivity index (χ3v) is 5.14. The highest BCUT2D eigenvalue weighted by atomic mass is 16.5.